The number of rotatable bonds is 7. The Bertz CT molecular complexity index is 1640. The zero-order chi connectivity index (χ0) is 26.9. The van der Waals surface area contributed by atoms with Crippen molar-refractivity contribution >= 4 is 34.4 Å². The number of nitrogens with zero attached hydrogens (tertiary/aromatic N) is 4. The van der Waals surface area contributed by atoms with Gasteiger partial charge in [-0.1, -0.05) is 23.9 Å². The third-order valence-corrected chi connectivity index (χ3v) is 6.89. The van der Waals surface area contributed by atoms with Crippen LogP contribution < -0.4 is 26.0 Å². The standard InChI is InChI=1S/C26H27N5O5S/c1-14-7-8-15(2)17(11-14)27-20(32)13-37-24-21-23(30(3)26(34)31(4)25(21)33)28-22(29-24)16-9-10-18(35-5)19(12-16)36-6/h7-12H,13H2,1-6H3,(H,27,32). The zero-order valence-electron chi connectivity index (χ0n) is 21.4. The summed E-state index contributed by atoms with van der Waals surface area (Å²) in [6.07, 6.45) is 0. The molecule has 0 spiro atoms. The number of benzene rings is 2. The van der Waals surface area contributed by atoms with Crippen molar-refractivity contribution in [2.45, 2.75) is 18.9 Å². The van der Waals surface area contributed by atoms with E-state index >= 15 is 0 Å². The van der Waals surface area contributed by atoms with Crippen LogP contribution >= 0.6 is 11.8 Å². The second kappa shape index (κ2) is 10.5. The molecule has 4 aromatic rings. The molecule has 0 bridgehead atoms. The fourth-order valence-electron chi connectivity index (χ4n) is 3.83. The van der Waals surface area contributed by atoms with Crippen LogP contribution in [-0.4, -0.2) is 45.0 Å². The van der Waals surface area contributed by atoms with Gasteiger partial charge in [0.2, 0.25) is 5.91 Å². The van der Waals surface area contributed by atoms with E-state index in [2.05, 4.69) is 15.3 Å². The van der Waals surface area contributed by atoms with E-state index in [4.69, 9.17) is 9.47 Å². The number of carbonyl (C=O) groups excluding carboxylic acids is 1. The smallest absolute Gasteiger partial charge is 0.332 e. The maximum Gasteiger partial charge on any atom is 0.332 e. The van der Waals surface area contributed by atoms with Crippen LogP contribution in [0.5, 0.6) is 11.5 Å². The first-order valence-corrected chi connectivity index (χ1v) is 12.3. The molecule has 0 aliphatic heterocycles. The topological polar surface area (TPSA) is 117 Å². The molecule has 1 amide bonds. The molecule has 0 fully saturated rings. The van der Waals surface area contributed by atoms with E-state index in [9.17, 15) is 14.4 Å². The van der Waals surface area contributed by atoms with Gasteiger partial charge in [0.25, 0.3) is 5.56 Å². The minimum atomic E-state index is -0.533. The Kier molecular flexibility index (Phi) is 7.35. The molecule has 1 N–H and O–H groups in total. The number of ether oxygens (including phenoxy) is 2. The summed E-state index contributed by atoms with van der Waals surface area (Å²) in [5.74, 6) is 1.03. The molecule has 0 saturated heterocycles. The van der Waals surface area contributed by atoms with Crippen LogP contribution in [0.1, 0.15) is 11.1 Å². The highest BCUT2D eigenvalue weighted by molar-refractivity contribution is 8.00. The number of aromatic nitrogens is 4. The molecule has 11 heteroatoms. The van der Waals surface area contributed by atoms with E-state index in [1.54, 1.807) is 18.2 Å². The van der Waals surface area contributed by atoms with Gasteiger partial charge < -0.3 is 14.8 Å². The fraction of sp³-hybridized carbons (Fsp3) is 0.269. The van der Waals surface area contributed by atoms with Crippen LogP contribution in [-0.2, 0) is 18.9 Å². The number of hydrogen-bond acceptors (Lipinski definition) is 8. The summed E-state index contributed by atoms with van der Waals surface area (Å²) in [6, 6.07) is 11.0. The SMILES string of the molecule is COc1ccc(-c2nc(SCC(=O)Nc3cc(C)ccc3C)c3c(=O)n(C)c(=O)n(C)c3n2)cc1OC. The lowest BCUT2D eigenvalue weighted by Crippen LogP contribution is -2.37. The van der Waals surface area contributed by atoms with Crippen molar-refractivity contribution in [2.75, 3.05) is 25.3 Å². The fourth-order valence-corrected chi connectivity index (χ4v) is 4.64. The lowest BCUT2D eigenvalue weighted by atomic mass is 10.1. The zero-order valence-corrected chi connectivity index (χ0v) is 22.2. The van der Waals surface area contributed by atoms with Gasteiger partial charge in [-0.2, -0.15) is 0 Å². The summed E-state index contributed by atoms with van der Waals surface area (Å²) in [6.45, 7) is 3.87. The van der Waals surface area contributed by atoms with Gasteiger partial charge in [0, 0.05) is 25.3 Å². The van der Waals surface area contributed by atoms with E-state index in [-0.39, 0.29) is 28.5 Å². The Hall–Kier alpha value is -4.12. The number of aryl methyl sites for hydroxylation is 3. The van der Waals surface area contributed by atoms with E-state index in [0.717, 1.165) is 33.1 Å². The number of nitrogens with one attached hydrogen (secondary N) is 1. The van der Waals surface area contributed by atoms with Crippen LogP contribution in [0.15, 0.2) is 51.0 Å². The largest absolute Gasteiger partial charge is 0.493 e. The molecule has 2 aromatic heterocycles. The second-order valence-electron chi connectivity index (χ2n) is 8.48. The van der Waals surface area contributed by atoms with Crippen molar-refractivity contribution in [2.24, 2.45) is 14.1 Å². The molecule has 10 nitrogen and oxygen atoms in total. The molecule has 0 radical (unpaired) electrons. The Labute approximate surface area is 217 Å². The van der Waals surface area contributed by atoms with Crippen molar-refractivity contribution < 1.29 is 14.3 Å². The first-order valence-electron chi connectivity index (χ1n) is 11.3. The number of anilines is 1. The van der Waals surface area contributed by atoms with Crippen molar-refractivity contribution in [3.8, 4) is 22.9 Å². The van der Waals surface area contributed by atoms with Gasteiger partial charge >= 0.3 is 5.69 Å². The Morgan fingerprint density at radius 3 is 2.41 bits per heavy atom. The quantitative estimate of drug-likeness (QED) is 0.291. The Morgan fingerprint density at radius 2 is 1.70 bits per heavy atom. The Morgan fingerprint density at radius 1 is 0.973 bits per heavy atom. The number of fused-ring (bicyclic) bond motifs is 1. The normalized spacial score (nSPS) is 11.0. The predicted octanol–water partition coefficient (Wildman–Crippen LogP) is 3.06. The Balaban J connectivity index is 1.79. The predicted molar refractivity (Wildman–Crippen MR) is 144 cm³/mol. The molecule has 0 unspecified atom stereocenters. The first-order chi connectivity index (χ1) is 17.6. The molecular formula is C26H27N5O5S. The van der Waals surface area contributed by atoms with Gasteiger partial charge in [-0.15, -0.1) is 0 Å². The highest BCUT2D eigenvalue weighted by Gasteiger charge is 2.20. The van der Waals surface area contributed by atoms with Crippen molar-refractivity contribution in [3.05, 3.63) is 68.4 Å². The monoisotopic (exact) mass is 521 g/mol. The van der Waals surface area contributed by atoms with Crippen molar-refractivity contribution in [3.63, 3.8) is 0 Å². The molecular weight excluding hydrogens is 494 g/mol. The lowest BCUT2D eigenvalue weighted by molar-refractivity contribution is -0.113. The maximum absolute atomic E-state index is 13.1. The third kappa shape index (κ3) is 5.08. The third-order valence-electron chi connectivity index (χ3n) is 5.92. The summed E-state index contributed by atoms with van der Waals surface area (Å²) in [7, 11) is 5.99. The van der Waals surface area contributed by atoms with E-state index < -0.39 is 11.2 Å². The molecule has 2 aromatic carbocycles. The average Bonchev–Trinajstić information content (AvgIpc) is 2.90. The lowest BCUT2D eigenvalue weighted by Gasteiger charge is -2.13. The van der Waals surface area contributed by atoms with Gasteiger partial charge in [-0.3, -0.25) is 18.7 Å². The molecule has 4 rings (SSSR count). The average molecular weight is 522 g/mol. The molecule has 0 aliphatic rings. The van der Waals surface area contributed by atoms with Gasteiger partial charge in [-0.25, -0.2) is 14.8 Å². The van der Waals surface area contributed by atoms with Gasteiger partial charge in [-0.05, 0) is 49.2 Å². The summed E-state index contributed by atoms with van der Waals surface area (Å²) >= 11 is 1.10. The van der Waals surface area contributed by atoms with Crippen LogP contribution in [0.4, 0.5) is 5.69 Å². The van der Waals surface area contributed by atoms with Crippen LogP contribution in [0, 0.1) is 13.8 Å². The van der Waals surface area contributed by atoms with Crippen molar-refractivity contribution in [1.29, 1.82) is 0 Å². The first kappa shape index (κ1) is 26.0. The number of thioether (sulfide) groups is 1. The van der Waals surface area contributed by atoms with Gasteiger partial charge in [0.05, 0.1) is 20.0 Å². The van der Waals surface area contributed by atoms with E-state index in [1.807, 2.05) is 32.0 Å². The van der Waals surface area contributed by atoms with Gasteiger partial charge in [0.15, 0.2) is 23.0 Å². The van der Waals surface area contributed by atoms with E-state index in [1.165, 1.54) is 32.9 Å². The number of amides is 1. The summed E-state index contributed by atoms with van der Waals surface area (Å²) < 4.78 is 13.0. The highest BCUT2D eigenvalue weighted by Crippen LogP contribution is 2.33. The summed E-state index contributed by atoms with van der Waals surface area (Å²) in [5.41, 5.74) is 2.41. The molecule has 0 saturated carbocycles. The minimum absolute atomic E-state index is 0.00311. The van der Waals surface area contributed by atoms with Gasteiger partial charge in [0.1, 0.15) is 10.4 Å². The maximum atomic E-state index is 13.1. The molecule has 0 aliphatic carbocycles. The summed E-state index contributed by atoms with van der Waals surface area (Å²) in [4.78, 5) is 47.7. The highest BCUT2D eigenvalue weighted by atomic mass is 32.2. The number of hydrogen-bond donors (Lipinski definition) is 1. The molecule has 2 heterocycles. The second-order valence-corrected chi connectivity index (χ2v) is 9.45. The van der Waals surface area contributed by atoms with Crippen LogP contribution in [0.2, 0.25) is 0 Å². The molecule has 192 valence electrons. The molecule has 37 heavy (non-hydrogen) atoms. The minimum Gasteiger partial charge on any atom is -0.493 e. The van der Waals surface area contributed by atoms with Crippen LogP contribution in [0.3, 0.4) is 0 Å². The number of methoxy groups -OCH3 is 2. The van der Waals surface area contributed by atoms with E-state index in [0.29, 0.717) is 22.1 Å². The number of carbonyl (C=O) groups is 1. The molecule has 0 atom stereocenters. The van der Waals surface area contributed by atoms with Crippen LogP contribution in [0.25, 0.3) is 22.4 Å². The summed E-state index contributed by atoms with van der Waals surface area (Å²) in [5, 5.41) is 3.38. The van der Waals surface area contributed by atoms with Crippen molar-refractivity contribution in [1.82, 2.24) is 19.1 Å².